The molecule has 0 radical (unpaired) electrons. The molecule has 0 saturated carbocycles. The van der Waals surface area contributed by atoms with E-state index in [2.05, 4.69) is 4.74 Å². The van der Waals surface area contributed by atoms with Crippen molar-refractivity contribution in [2.75, 3.05) is 6.61 Å². The largest absolute Gasteiger partial charge is 0.573 e. The Kier molecular flexibility index (Phi) is 4.98. The lowest BCUT2D eigenvalue weighted by Crippen LogP contribution is -2.20. The molecule has 0 bridgehead atoms. The van der Waals surface area contributed by atoms with Crippen molar-refractivity contribution in [2.24, 2.45) is 0 Å². The number of rotatable bonds is 5. The van der Waals surface area contributed by atoms with Crippen molar-refractivity contribution in [1.82, 2.24) is 0 Å². The Morgan fingerprint density at radius 3 is 2.39 bits per heavy atom. The maximum Gasteiger partial charge on any atom is 0.573 e. The molecule has 18 heavy (non-hydrogen) atoms. The van der Waals surface area contributed by atoms with Crippen LogP contribution in [0.1, 0.15) is 25.5 Å². The first kappa shape index (κ1) is 14.8. The van der Waals surface area contributed by atoms with Gasteiger partial charge in [-0.25, -0.2) is 0 Å². The van der Waals surface area contributed by atoms with Crippen LogP contribution in [0.25, 0.3) is 0 Å². The maximum absolute atomic E-state index is 12.2. The normalized spacial score (nSPS) is 13.7. The van der Waals surface area contributed by atoms with Gasteiger partial charge in [-0.15, -0.1) is 13.2 Å². The summed E-state index contributed by atoms with van der Waals surface area (Å²) >= 11 is 0. The Morgan fingerprint density at radius 2 is 1.83 bits per heavy atom. The Balaban J connectivity index is 2.81. The van der Waals surface area contributed by atoms with Crippen LogP contribution in [0.15, 0.2) is 24.3 Å². The number of halogens is 3. The Morgan fingerprint density at radius 1 is 1.22 bits per heavy atom. The van der Waals surface area contributed by atoms with Crippen LogP contribution >= 0.6 is 0 Å². The fourth-order valence-electron chi connectivity index (χ4n) is 1.35. The Hall–Kier alpha value is -1.27. The molecule has 1 aromatic carbocycles. The third-order valence-electron chi connectivity index (χ3n) is 2.09. The molecule has 0 fully saturated rings. The minimum Gasteiger partial charge on any atom is -0.405 e. The highest BCUT2D eigenvalue weighted by molar-refractivity contribution is 5.35. The zero-order chi connectivity index (χ0) is 13.8. The predicted molar refractivity (Wildman–Crippen MR) is 59.2 cm³/mol. The number of aliphatic hydroxyl groups excluding tert-OH is 1. The zero-order valence-electron chi connectivity index (χ0n) is 10.1. The van der Waals surface area contributed by atoms with Gasteiger partial charge >= 0.3 is 6.36 Å². The average molecular weight is 264 g/mol. The number of alkyl halides is 3. The van der Waals surface area contributed by atoms with Gasteiger partial charge in [-0.05, 0) is 19.9 Å². The van der Waals surface area contributed by atoms with Crippen molar-refractivity contribution >= 4 is 0 Å². The van der Waals surface area contributed by atoms with E-state index in [1.807, 2.05) is 0 Å². The highest BCUT2D eigenvalue weighted by Crippen LogP contribution is 2.30. The first-order valence-corrected chi connectivity index (χ1v) is 5.44. The topological polar surface area (TPSA) is 38.7 Å². The maximum atomic E-state index is 12.2. The van der Waals surface area contributed by atoms with Gasteiger partial charge < -0.3 is 14.6 Å². The number of para-hydroxylation sites is 1. The first-order chi connectivity index (χ1) is 8.29. The van der Waals surface area contributed by atoms with Crippen LogP contribution in [-0.4, -0.2) is 24.2 Å². The van der Waals surface area contributed by atoms with E-state index < -0.39 is 18.2 Å². The smallest absolute Gasteiger partial charge is 0.405 e. The third-order valence-corrected chi connectivity index (χ3v) is 2.09. The number of hydrogen-bond acceptors (Lipinski definition) is 3. The molecule has 0 aliphatic carbocycles. The van der Waals surface area contributed by atoms with Crippen molar-refractivity contribution in [3.05, 3.63) is 29.8 Å². The highest BCUT2D eigenvalue weighted by Gasteiger charge is 2.32. The summed E-state index contributed by atoms with van der Waals surface area (Å²) in [4.78, 5) is 0. The van der Waals surface area contributed by atoms with Gasteiger partial charge in [0.25, 0.3) is 0 Å². The van der Waals surface area contributed by atoms with Crippen LogP contribution in [-0.2, 0) is 4.74 Å². The van der Waals surface area contributed by atoms with Crippen molar-refractivity contribution in [3.8, 4) is 5.75 Å². The van der Waals surface area contributed by atoms with E-state index in [1.165, 1.54) is 18.2 Å². The molecule has 3 nitrogen and oxygen atoms in total. The summed E-state index contributed by atoms with van der Waals surface area (Å²) < 4.78 is 45.5. The molecule has 0 aromatic heterocycles. The van der Waals surface area contributed by atoms with Gasteiger partial charge in [0.1, 0.15) is 11.9 Å². The minimum atomic E-state index is -4.78. The summed E-state index contributed by atoms with van der Waals surface area (Å²) in [7, 11) is 0. The molecular weight excluding hydrogens is 249 g/mol. The van der Waals surface area contributed by atoms with Crippen LogP contribution < -0.4 is 4.74 Å². The first-order valence-electron chi connectivity index (χ1n) is 5.44. The van der Waals surface area contributed by atoms with E-state index in [9.17, 15) is 18.3 Å². The van der Waals surface area contributed by atoms with E-state index in [1.54, 1.807) is 13.8 Å². The summed E-state index contributed by atoms with van der Waals surface area (Å²) in [6, 6.07) is 5.45. The van der Waals surface area contributed by atoms with Gasteiger partial charge in [0.05, 0.1) is 12.7 Å². The number of aliphatic hydroxyl groups is 1. The minimum absolute atomic E-state index is 0.0514. The van der Waals surface area contributed by atoms with Gasteiger partial charge in [-0.3, -0.25) is 0 Å². The molecule has 0 aliphatic rings. The summed E-state index contributed by atoms with van der Waals surface area (Å²) in [5.41, 5.74) is 0.0514. The second-order valence-corrected chi connectivity index (χ2v) is 3.98. The molecule has 1 atom stereocenters. The van der Waals surface area contributed by atoms with Crippen LogP contribution in [0.4, 0.5) is 13.2 Å². The van der Waals surface area contributed by atoms with E-state index in [0.717, 1.165) is 6.07 Å². The van der Waals surface area contributed by atoms with E-state index in [-0.39, 0.29) is 18.3 Å². The quantitative estimate of drug-likeness (QED) is 0.888. The van der Waals surface area contributed by atoms with E-state index >= 15 is 0 Å². The number of benzene rings is 1. The summed E-state index contributed by atoms with van der Waals surface area (Å²) in [6.07, 6.45) is -6.06. The monoisotopic (exact) mass is 264 g/mol. The standard InChI is InChI=1S/C12H15F3O3/c1-8(2)17-7-10(16)9-5-3-4-6-11(9)18-12(13,14)15/h3-6,8,10,16H,7H2,1-2H3. The second kappa shape index (κ2) is 6.06. The molecule has 0 amide bonds. The van der Waals surface area contributed by atoms with Gasteiger partial charge in [0.2, 0.25) is 0 Å². The van der Waals surface area contributed by atoms with Gasteiger partial charge in [-0.2, -0.15) is 0 Å². The molecule has 1 unspecified atom stereocenters. The molecule has 1 N–H and O–H groups in total. The molecule has 0 heterocycles. The Labute approximate surface area is 103 Å². The van der Waals surface area contributed by atoms with Gasteiger partial charge in [0.15, 0.2) is 0 Å². The SMILES string of the molecule is CC(C)OCC(O)c1ccccc1OC(F)(F)F. The zero-order valence-corrected chi connectivity index (χ0v) is 10.1. The van der Waals surface area contributed by atoms with Crippen molar-refractivity contribution in [2.45, 2.75) is 32.4 Å². The molecule has 0 spiro atoms. The van der Waals surface area contributed by atoms with Crippen LogP contribution in [0, 0.1) is 0 Å². The molecular formula is C12H15F3O3. The average Bonchev–Trinajstić information content (AvgIpc) is 2.24. The highest BCUT2D eigenvalue weighted by atomic mass is 19.4. The summed E-state index contributed by atoms with van der Waals surface area (Å²) in [5, 5.41) is 9.77. The lowest BCUT2D eigenvalue weighted by molar-refractivity contribution is -0.275. The molecule has 6 heteroatoms. The van der Waals surface area contributed by atoms with Crippen LogP contribution in [0.3, 0.4) is 0 Å². The lowest BCUT2D eigenvalue weighted by atomic mass is 10.1. The van der Waals surface area contributed by atoms with Crippen LogP contribution in [0.2, 0.25) is 0 Å². The number of hydrogen-bond donors (Lipinski definition) is 1. The second-order valence-electron chi connectivity index (χ2n) is 3.98. The van der Waals surface area contributed by atoms with Crippen molar-refractivity contribution < 1.29 is 27.8 Å². The van der Waals surface area contributed by atoms with Gasteiger partial charge in [0, 0.05) is 5.56 Å². The lowest BCUT2D eigenvalue weighted by Gasteiger charge is -2.18. The third kappa shape index (κ3) is 4.93. The van der Waals surface area contributed by atoms with Gasteiger partial charge in [-0.1, -0.05) is 18.2 Å². The Bertz CT molecular complexity index is 377. The molecule has 1 rings (SSSR count). The summed E-state index contributed by atoms with van der Waals surface area (Å²) in [6.45, 7) is 3.45. The van der Waals surface area contributed by atoms with Crippen LogP contribution in [0.5, 0.6) is 5.75 Å². The molecule has 1 aromatic rings. The van der Waals surface area contributed by atoms with Crippen molar-refractivity contribution in [1.29, 1.82) is 0 Å². The predicted octanol–water partition coefficient (Wildman–Crippen LogP) is 3.04. The fraction of sp³-hybridized carbons (Fsp3) is 0.500. The molecule has 0 aliphatic heterocycles. The number of ether oxygens (including phenoxy) is 2. The van der Waals surface area contributed by atoms with E-state index in [4.69, 9.17) is 4.74 Å². The molecule has 0 saturated heterocycles. The van der Waals surface area contributed by atoms with Crippen molar-refractivity contribution in [3.63, 3.8) is 0 Å². The fourth-order valence-corrected chi connectivity index (χ4v) is 1.35. The molecule has 102 valence electrons. The van der Waals surface area contributed by atoms with E-state index in [0.29, 0.717) is 0 Å². The summed E-state index contributed by atoms with van der Waals surface area (Å²) in [5.74, 6) is -0.412.